The van der Waals surface area contributed by atoms with Gasteiger partial charge in [0.25, 0.3) is 0 Å². The van der Waals surface area contributed by atoms with Crippen LogP contribution < -0.4 is 5.32 Å². The Morgan fingerprint density at radius 1 is 0.938 bits per heavy atom. The summed E-state index contributed by atoms with van der Waals surface area (Å²) in [7, 11) is 0. The summed E-state index contributed by atoms with van der Waals surface area (Å²) in [6, 6.07) is 4.69. The van der Waals surface area contributed by atoms with Crippen LogP contribution >= 0.6 is 0 Å². The van der Waals surface area contributed by atoms with Gasteiger partial charge in [-0.2, -0.15) is 13.2 Å². The summed E-state index contributed by atoms with van der Waals surface area (Å²) in [6.07, 6.45) is 2.60. The third-order valence-corrected chi connectivity index (χ3v) is 8.04. The third kappa shape index (κ3) is 4.08. The van der Waals surface area contributed by atoms with Gasteiger partial charge < -0.3 is 15.1 Å². The zero-order valence-corrected chi connectivity index (χ0v) is 18.2. The summed E-state index contributed by atoms with van der Waals surface area (Å²) in [4.78, 5) is 29.6. The number of nitrogens with one attached hydrogen (secondary N) is 1. The molecule has 3 amide bonds. The van der Waals surface area contributed by atoms with Crippen molar-refractivity contribution >= 4 is 11.9 Å². The number of hydrogen-bond donors (Lipinski definition) is 1. The molecule has 5 aliphatic rings. The average Bonchev–Trinajstić information content (AvgIpc) is 2.76. The Morgan fingerprint density at radius 2 is 1.50 bits per heavy atom. The number of urea groups is 1. The van der Waals surface area contributed by atoms with E-state index in [0.29, 0.717) is 55.4 Å². The van der Waals surface area contributed by atoms with E-state index in [1.165, 1.54) is 25.3 Å². The lowest BCUT2D eigenvalue weighted by Crippen LogP contribution is -2.59. The smallest absolute Gasteiger partial charge is 0.339 e. The molecule has 0 unspecified atom stereocenters. The molecule has 0 spiro atoms. The summed E-state index contributed by atoms with van der Waals surface area (Å²) in [5.41, 5.74) is -0.479. The van der Waals surface area contributed by atoms with Gasteiger partial charge in [0.1, 0.15) is 0 Å². The Hall–Kier alpha value is -2.25. The van der Waals surface area contributed by atoms with Gasteiger partial charge in [0.05, 0.1) is 11.0 Å². The highest BCUT2D eigenvalue weighted by atomic mass is 19.4. The maximum absolute atomic E-state index is 13.5. The van der Waals surface area contributed by atoms with E-state index in [9.17, 15) is 22.8 Å². The Balaban J connectivity index is 1.13. The summed E-state index contributed by atoms with van der Waals surface area (Å²) in [6.45, 7) is 1.99. The van der Waals surface area contributed by atoms with Crippen LogP contribution in [0.25, 0.3) is 0 Å². The summed E-state index contributed by atoms with van der Waals surface area (Å²) in [5, 5.41) is 2.72. The second kappa shape index (κ2) is 7.96. The van der Waals surface area contributed by atoms with Gasteiger partial charge in [-0.05, 0) is 74.0 Å². The van der Waals surface area contributed by atoms with Gasteiger partial charge in [-0.1, -0.05) is 12.1 Å². The largest absolute Gasteiger partial charge is 0.416 e. The van der Waals surface area contributed by atoms with Crippen molar-refractivity contribution in [2.75, 3.05) is 26.2 Å². The topological polar surface area (TPSA) is 52.7 Å². The lowest BCUT2D eigenvalue weighted by Gasteiger charge is -2.57. The van der Waals surface area contributed by atoms with Crippen LogP contribution in [-0.2, 0) is 17.5 Å². The van der Waals surface area contributed by atoms with Crippen molar-refractivity contribution < 1.29 is 22.8 Å². The third-order valence-electron chi connectivity index (χ3n) is 8.04. The van der Waals surface area contributed by atoms with Crippen LogP contribution in [0.4, 0.5) is 18.0 Å². The highest BCUT2D eigenvalue weighted by molar-refractivity contribution is 5.84. The molecule has 4 saturated carbocycles. The SMILES string of the molecule is O=C(NCc1cccc(C(F)(F)F)c1)N1CCN(C(=O)C23CC4CC(CC(C4)C2)C3)CC1. The van der Waals surface area contributed by atoms with E-state index in [1.807, 2.05) is 4.90 Å². The Labute approximate surface area is 186 Å². The molecule has 4 aliphatic carbocycles. The zero-order chi connectivity index (χ0) is 22.5. The fourth-order valence-electron chi connectivity index (χ4n) is 6.97. The normalized spacial score (nSPS) is 31.7. The highest BCUT2D eigenvalue weighted by Crippen LogP contribution is 2.60. The monoisotopic (exact) mass is 449 g/mol. The van der Waals surface area contributed by atoms with Gasteiger partial charge in [-0.25, -0.2) is 4.79 Å². The Morgan fingerprint density at radius 3 is 2.06 bits per heavy atom. The van der Waals surface area contributed by atoms with Gasteiger partial charge in [0.15, 0.2) is 0 Å². The van der Waals surface area contributed by atoms with Gasteiger partial charge in [-0.15, -0.1) is 0 Å². The first-order valence-corrected chi connectivity index (χ1v) is 11.7. The van der Waals surface area contributed by atoms with Crippen LogP contribution in [0.15, 0.2) is 24.3 Å². The van der Waals surface area contributed by atoms with Crippen LogP contribution in [0.5, 0.6) is 0 Å². The average molecular weight is 450 g/mol. The second-order valence-electron chi connectivity index (χ2n) is 10.3. The number of rotatable bonds is 3. The highest BCUT2D eigenvalue weighted by Gasteiger charge is 2.55. The van der Waals surface area contributed by atoms with E-state index in [2.05, 4.69) is 5.32 Å². The zero-order valence-electron chi connectivity index (χ0n) is 18.2. The van der Waals surface area contributed by atoms with E-state index in [4.69, 9.17) is 0 Å². The minimum Gasteiger partial charge on any atom is -0.339 e. The molecule has 1 aliphatic heterocycles. The number of alkyl halides is 3. The first-order valence-electron chi connectivity index (χ1n) is 11.7. The molecule has 1 aromatic rings. The molecule has 1 saturated heterocycles. The van der Waals surface area contributed by atoms with Gasteiger partial charge in [-0.3, -0.25) is 4.79 Å². The molecule has 4 bridgehead atoms. The van der Waals surface area contributed by atoms with Crippen LogP contribution in [0, 0.1) is 23.2 Å². The number of benzene rings is 1. The number of carbonyl (C=O) groups is 2. The Kier molecular flexibility index (Phi) is 5.37. The molecule has 32 heavy (non-hydrogen) atoms. The number of piperazine rings is 1. The molecular weight excluding hydrogens is 419 g/mol. The predicted molar refractivity (Wildman–Crippen MR) is 112 cm³/mol. The summed E-state index contributed by atoms with van der Waals surface area (Å²) < 4.78 is 38.6. The number of hydrogen-bond acceptors (Lipinski definition) is 2. The van der Waals surface area contributed by atoms with Crippen molar-refractivity contribution in [2.45, 2.75) is 51.2 Å². The molecule has 1 aromatic carbocycles. The second-order valence-corrected chi connectivity index (χ2v) is 10.3. The van der Waals surface area contributed by atoms with E-state index in [0.717, 1.165) is 31.4 Å². The molecule has 0 aromatic heterocycles. The van der Waals surface area contributed by atoms with Crippen LogP contribution in [-0.4, -0.2) is 47.9 Å². The minimum absolute atomic E-state index is 0.0369. The van der Waals surface area contributed by atoms with Gasteiger partial charge in [0, 0.05) is 32.7 Å². The van der Waals surface area contributed by atoms with Gasteiger partial charge in [0.2, 0.25) is 5.91 Å². The standard InChI is InChI=1S/C24H30F3N3O2/c25-24(26,27)20-3-1-2-16(11-20)15-28-22(32)30-6-4-29(5-7-30)21(31)23-12-17-8-18(13-23)10-19(9-17)14-23/h1-3,11,17-19H,4-10,12-15H2,(H,28,32). The summed E-state index contributed by atoms with van der Waals surface area (Å²) in [5.74, 6) is 2.44. The predicted octanol–water partition coefficient (Wildman–Crippen LogP) is 4.28. The van der Waals surface area contributed by atoms with Gasteiger partial charge >= 0.3 is 12.2 Å². The molecule has 8 heteroatoms. The van der Waals surface area contributed by atoms with E-state index < -0.39 is 11.7 Å². The molecule has 1 N–H and O–H groups in total. The number of amides is 3. The van der Waals surface area contributed by atoms with E-state index >= 15 is 0 Å². The lowest BCUT2D eigenvalue weighted by atomic mass is 9.49. The van der Waals surface area contributed by atoms with E-state index in [1.54, 1.807) is 11.0 Å². The molecule has 0 atom stereocenters. The molecule has 5 nitrogen and oxygen atoms in total. The van der Waals surface area contributed by atoms with Crippen molar-refractivity contribution in [2.24, 2.45) is 23.2 Å². The first-order chi connectivity index (χ1) is 15.2. The van der Waals surface area contributed by atoms with Crippen LogP contribution in [0.2, 0.25) is 0 Å². The van der Waals surface area contributed by atoms with E-state index in [-0.39, 0.29) is 18.0 Å². The van der Waals surface area contributed by atoms with Crippen molar-refractivity contribution in [3.05, 3.63) is 35.4 Å². The number of halogens is 3. The Bertz CT molecular complexity index is 857. The van der Waals surface area contributed by atoms with Crippen LogP contribution in [0.3, 0.4) is 0 Å². The van der Waals surface area contributed by atoms with Crippen molar-refractivity contribution in [3.63, 3.8) is 0 Å². The van der Waals surface area contributed by atoms with Crippen molar-refractivity contribution in [1.82, 2.24) is 15.1 Å². The van der Waals surface area contributed by atoms with Crippen molar-refractivity contribution in [1.29, 1.82) is 0 Å². The minimum atomic E-state index is -4.40. The van der Waals surface area contributed by atoms with Crippen LogP contribution in [0.1, 0.15) is 49.7 Å². The number of nitrogens with zero attached hydrogens (tertiary/aromatic N) is 2. The number of carbonyl (C=O) groups excluding carboxylic acids is 2. The molecule has 5 fully saturated rings. The van der Waals surface area contributed by atoms with Crippen molar-refractivity contribution in [3.8, 4) is 0 Å². The first kappa shape index (κ1) is 21.6. The molecule has 1 heterocycles. The quantitative estimate of drug-likeness (QED) is 0.749. The lowest BCUT2D eigenvalue weighted by molar-refractivity contribution is -0.159. The maximum Gasteiger partial charge on any atom is 0.416 e. The maximum atomic E-state index is 13.5. The molecular formula is C24H30F3N3O2. The molecule has 6 rings (SSSR count). The molecule has 174 valence electrons. The summed E-state index contributed by atoms with van der Waals surface area (Å²) >= 11 is 0. The fraction of sp³-hybridized carbons (Fsp3) is 0.667. The fourth-order valence-corrected chi connectivity index (χ4v) is 6.97. The molecule has 0 radical (unpaired) electrons.